The predicted octanol–water partition coefficient (Wildman–Crippen LogP) is 4.53. The van der Waals surface area contributed by atoms with Gasteiger partial charge in [0.2, 0.25) is 0 Å². The molecule has 0 aliphatic carbocycles. The number of rotatable bonds is 6. The van der Waals surface area contributed by atoms with Crippen molar-refractivity contribution in [3.8, 4) is 5.75 Å². The normalized spacial score (nSPS) is 11.8. The summed E-state index contributed by atoms with van der Waals surface area (Å²) < 4.78 is 5.92. The van der Waals surface area contributed by atoms with Crippen LogP contribution in [-0.2, 0) is 6.54 Å². The molecule has 0 aliphatic heterocycles. The topological polar surface area (TPSA) is 26.3 Å². The highest BCUT2D eigenvalue weighted by Crippen LogP contribution is 2.28. The number of hydrogen-bond donors (Lipinski definition) is 1. The number of thiol groups is 1. The Kier molecular flexibility index (Phi) is 6.37. The molecule has 0 saturated carbocycles. The number of ether oxygens (including phenoxy) is 1. The monoisotopic (exact) mass is 316 g/mol. The average molecular weight is 317 g/mol. The van der Waals surface area contributed by atoms with E-state index in [-0.39, 0.29) is 11.3 Å². The van der Waals surface area contributed by atoms with Gasteiger partial charge in [-0.3, -0.25) is 0 Å². The first kappa shape index (κ1) is 17.3. The van der Waals surface area contributed by atoms with Gasteiger partial charge in [-0.15, -0.1) is 0 Å². The lowest BCUT2D eigenvalue weighted by Gasteiger charge is -2.32. The molecule has 20 heavy (non-hydrogen) atoms. The zero-order valence-electron chi connectivity index (χ0n) is 12.5. The maximum absolute atomic E-state index is 11.8. The number of nitrogens with zero attached hydrogens (tertiary/aromatic N) is 1. The van der Waals surface area contributed by atoms with Crippen molar-refractivity contribution in [3.05, 3.63) is 28.8 Å². The average Bonchev–Trinajstić information content (AvgIpc) is 2.38. The third-order valence-electron chi connectivity index (χ3n) is 3.46. The summed E-state index contributed by atoms with van der Waals surface area (Å²) in [6.07, 6.45) is 0.0820. The van der Waals surface area contributed by atoms with E-state index >= 15 is 0 Å². The van der Waals surface area contributed by atoms with Crippen molar-refractivity contribution in [2.45, 2.75) is 40.3 Å². The molecule has 0 saturated heterocycles. The van der Waals surface area contributed by atoms with Gasteiger partial charge in [-0.05, 0) is 58.5 Å². The second kappa shape index (κ2) is 7.34. The Labute approximate surface area is 131 Å². The molecule has 112 valence electrons. The number of carbonyl (C=O) groups is 1. The van der Waals surface area contributed by atoms with Crippen molar-refractivity contribution in [1.82, 2.24) is 0 Å². The number of carbonyl (C=O) groups excluding carboxylic acids is 1. The van der Waals surface area contributed by atoms with E-state index in [0.717, 1.165) is 5.56 Å². The molecule has 0 unspecified atom stereocenters. The third-order valence-corrected chi connectivity index (χ3v) is 4.18. The van der Waals surface area contributed by atoms with Crippen LogP contribution in [0.4, 0.5) is 4.79 Å². The number of halogens is 1. The highest BCUT2D eigenvalue weighted by atomic mass is 35.5. The van der Waals surface area contributed by atoms with Crippen molar-refractivity contribution in [2.24, 2.45) is 0 Å². The Hall–Kier alpha value is -0.710. The molecular formula is C15H23ClNO2S+. The summed E-state index contributed by atoms with van der Waals surface area (Å²) in [7, 11) is 0. The Morgan fingerprint density at radius 2 is 1.95 bits per heavy atom. The second-order valence-corrected chi connectivity index (χ2v) is 5.94. The van der Waals surface area contributed by atoms with Crippen LogP contribution in [0, 0.1) is 0 Å². The van der Waals surface area contributed by atoms with E-state index in [9.17, 15) is 4.79 Å². The van der Waals surface area contributed by atoms with Gasteiger partial charge in [0, 0.05) is 5.56 Å². The molecule has 1 amide bonds. The molecule has 1 rings (SSSR count). The fraction of sp³-hybridized carbons (Fsp3) is 0.533. The van der Waals surface area contributed by atoms with Gasteiger partial charge >= 0.3 is 5.24 Å². The number of quaternary nitrogens is 1. The zero-order valence-corrected chi connectivity index (χ0v) is 14.2. The van der Waals surface area contributed by atoms with Gasteiger partial charge in [-0.2, -0.15) is 0 Å². The lowest BCUT2D eigenvalue weighted by molar-refractivity contribution is -0.853. The minimum atomic E-state index is -0.117. The van der Waals surface area contributed by atoms with Crippen LogP contribution in [0.1, 0.15) is 33.3 Å². The zero-order chi connectivity index (χ0) is 15.3. The molecule has 0 atom stereocenters. The predicted molar refractivity (Wildman–Crippen MR) is 86.6 cm³/mol. The molecule has 0 aliphatic rings. The SMILES string of the molecule is CC[N+](CC)(Cc1ccc(OC(C)C)c(Cl)c1)C(=O)S. The van der Waals surface area contributed by atoms with Gasteiger partial charge in [0.15, 0.2) is 0 Å². The summed E-state index contributed by atoms with van der Waals surface area (Å²) in [5, 5.41) is 0.460. The van der Waals surface area contributed by atoms with Crippen LogP contribution in [-0.4, -0.2) is 28.9 Å². The van der Waals surface area contributed by atoms with Gasteiger partial charge in [0.25, 0.3) is 0 Å². The summed E-state index contributed by atoms with van der Waals surface area (Å²) >= 11 is 10.3. The van der Waals surface area contributed by atoms with Gasteiger partial charge in [0.05, 0.1) is 24.2 Å². The van der Waals surface area contributed by atoms with Gasteiger partial charge < -0.3 is 4.74 Å². The molecule has 0 aromatic heterocycles. The van der Waals surface area contributed by atoms with E-state index in [1.54, 1.807) is 0 Å². The van der Waals surface area contributed by atoms with Crippen LogP contribution in [0.2, 0.25) is 5.02 Å². The van der Waals surface area contributed by atoms with Crippen molar-refractivity contribution in [2.75, 3.05) is 13.1 Å². The van der Waals surface area contributed by atoms with Crippen molar-refractivity contribution < 1.29 is 14.0 Å². The first-order valence-corrected chi connectivity index (χ1v) is 7.71. The molecule has 1 aromatic rings. The fourth-order valence-corrected chi connectivity index (χ4v) is 2.73. The van der Waals surface area contributed by atoms with Gasteiger partial charge in [-0.1, -0.05) is 11.6 Å². The molecular weight excluding hydrogens is 294 g/mol. The number of benzene rings is 1. The molecule has 0 heterocycles. The Morgan fingerprint density at radius 3 is 2.35 bits per heavy atom. The lowest BCUT2D eigenvalue weighted by atomic mass is 10.1. The highest BCUT2D eigenvalue weighted by molar-refractivity contribution is 7.96. The largest absolute Gasteiger partial charge is 0.489 e. The van der Waals surface area contributed by atoms with E-state index in [2.05, 4.69) is 12.6 Å². The van der Waals surface area contributed by atoms with E-state index < -0.39 is 0 Å². The Morgan fingerprint density at radius 1 is 1.35 bits per heavy atom. The summed E-state index contributed by atoms with van der Waals surface area (Å²) in [6, 6.07) is 5.69. The summed E-state index contributed by atoms with van der Waals surface area (Å²) in [4.78, 5) is 11.8. The lowest BCUT2D eigenvalue weighted by Crippen LogP contribution is -2.48. The summed E-state index contributed by atoms with van der Waals surface area (Å²) in [5.74, 6) is 0.675. The van der Waals surface area contributed by atoms with Crippen LogP contribution < -0.4 is 4.74 Å². The Balaban J connectivity index is 2.98. The highest BCUT2D eigenvalue weighted by Gasteiger charge is 2.30. The maximum Gasteiger partial charge on any atom is 0.372 e. The van der Waals surface area contributed by atoms with Crippen molar-refractivity contribution in [1.29, 1.82) is 0 Å². The van der Waals surface area contributed by atoms with E-state index in [1.165, 1.54) is 0 Å². The number of hydrogen-bond acceptors (Lipinski definition) is 2. The van der Waals surface area contributed by atoms with Gasteiger partial charge in [0.1, 0.15) is 12.3 Å². The molecule has 5 heteroatoms. The van der Waals surface area contributed by atoms with Gasteiger partial charge in [-0.25, -0.2) is 9.28 Å². The van der Waals surface area contributed by atoms with Crippen LogP contribution >= 0.6 is 24.2 Å². The summed E-state index contributed by atoms with van der Waals surface area (Å²) in [6.45, 7) is 9.92. The maximum atomic E-state index is 11.8. The molecule has 0 bridgehead atoms. The first-order valence-electron chi connectivity index (χ1n) is 6.89. The quantitative estimate of drug-likeness (QED) is 0.616. The molecule has 1 aromatic carbocycles. The van der Waals surface area contributed by atoms with Crippen LogP contribution in [0.25, 0.3) is 0 Å². The standard InChI is InChI=1S/C15H22ClNO2S/c1-5-17(6-2,15(18)20)10-12-7-8-14(13(16)9-12)19-11(3)4/h7-9,11H,5-6,10H2,1-4H3/p+1. The summed E-state index contributed by atoms with van der Waals surface area (Å²) in [5.41, 5.74) is 1.01. The molecule has 3 nitrogen and oxygen atoms in total. The molecule has 0 fully saturated rings. The molecule has 0 radical (unpaired) electrons. The van der Waals surface area contributed by atoms with E-state index in [1.807, 2.05) is 45.9 Å². The third kappa shape index (κ3) is 4.14. The van der Waals surface area contributed by atoms with E-state index in [4.69, 9.17) is 16.3 Å². The smallest absolute Gasteiger partial charge is 0.372 e. The fourth-order valence-electron chi connectivity index (χ4n) is 2.13. The van der Waals surface area contributed by atoms with Crippen LogP contribution in [0.15, 0.2) is 18.2 Å². The van der Waals surface area contributed by atoms with Crippen molar-refractivity contribution >= 4 is 29.5 Å². The minimum absolute atomic E-state index is 0.0820. The Bertz CT molecular complexity index is 473. The van der Waals surface area contributed by atoms with Crippen LogP contribution in [0.3, 0.4) is 0 Å². The second-order valence-electron chi connectivity index (χ2n) is 5.15. The van der Waals surface area contributed by atoms with Crippen LogP contribution in [0.5, 0.6) is 5.75 Å². The number of amides is 1. The van der Waals surface area contributed by atoms with Crippen molar-refractivity contribution in [3.63, 3.8) is 0 Å². The minimum Gasteiger partial charge on any atom is -0.489 e. The molecule has 0 spiro atoms. The van der Waals surface area contributed by atoms with E-state index in [0.29, 0.717) is 34.9 Å². The molecule has 0 N–H and O–H groups in total. The first-order chi connectivity index (χ1) is 9.34.